The first kappa shape index (κ1) is 16.6. The Balaban J connectivity index is 0. The average molecular weight is 224 g/mol. The van der Waals surface area contributed by atoms with Crippen LogP contribution in [0.1, 0.15) is 27.7 Å². The van der Waals surface area contributed by atoms with E-state index in [2.05, 4.69) is 23.8 Å². The lowest BCUT2D eigenvalue weighted by Gasteiger charge is -2.01. The number of nitrogens with one attached hydrogen (secondary N) is 2. The smallest absolute Gasteiger partial charge is 0.221 e. The quantitative estimate of drug-likeness (QED) is 0.716. The van der Waals surface area contributed by atoms with E-state index in [1.165, 1.54) is 13.8 Å². The van der Waals surface area contributed by atoms with E-state index in [1.54, 1.807) is 12.2 Å². The molecule has 4 nitrogen and oxygen atoms in total. The molecule has 0 aromatic rings. The minimum Gasteiger partial charge on any atom is -0.327 e. The molecule has 0 aliphatic rings. The zero-order valence-electron chi connectivity index (χ0n) is 10.4. The van der Waals surface area contributed by atoms with Crippen molar-refractivity contribution in [3.8, 4) is 0 Å². The number of carbonyl (C=O) groups is 2. The molecule has 0 fully saturated rings. The molecule has 0 rings (SSSR count). The van der Waals surface area contributed by atoms with E-state index >= 15 is 0 Å². The summed E-state index contributed by atoms with van der Waals surface area (Å²) in [6.45, 7) is 13.9. The Morgan fingerprint density at radius 3 is 1.31 bits per heavy atom. The molecule has 16 heavy (non-hydrogen) atoms. The third-order valence-electron chi connectivity index (χ3n) is 1.16. The highest BCUT2D eigenvalue weighted by Gasteiger charge is 1.93. The highest BCUT2D eigenvalue weighted by molar-refractivity contribution is 5.76. The van der Waals surface area contributed by atoms with Crippen LogP contribution in [0.4, 0.5) is 0 Å². The highest BCUT2D eigenvalue weighted by atomic mass is 16.2. The minimum atomic E-state index is -0.190. The van der Waals surface area contributed by atoms with Gasteiger partial charge in [0.1, 0.15) is 0 Å². The van der Waals surface area contributed by atoms with E-state index in [9.17, 15) is 9.59 Å². The fourth-order valence-electron chi connectivity index (χ4n) is 0.737. The van der Waals surface area contributed by atoms with Gasteiger partial charge in [0.05, 0.1) is 0 Å². The van der Waals surface area contributed by atoms with Crippen molar-refractivity contribution >= 4 is 11.8 Å². The third kappa shape index (κ3) is 12.2. The summed E-state index contributed by atoms with van der Waals surface area (Å²) in [6, 6.07) is 0. The van der Waals surface area contributed by atoms with Gasteiger partial charge in [-0.15, -0.1) is 0 Å². The van der Waals surface area contributed by atoms with Gasteiger partial charge in [0.2, 0.25) is 11.8 Å². The average Bonchev–Trinajstić information content (AvgIpc) is 2.16. The van der Waals surface area contributed by atoms with Gasteiger partial charge in [-0.25, -0.2) is 0 Å². The lowest BCUT2D eigenvalue weighted by atomic mass is 10.3. The normalized spacial score (nSPS) is 8.75. The summed E-state index contributed by atoms with van der Waals surface area (Å²) in [7, 11) is 0. The number of amides is 2. The van der Waals surface area contributed by atoms with Crippen molar-refractivity contribution in [3.63, 3.8) is 0 Å². The number of rotatable bonds is 4. The molecule has 2 N–H and O–H groups in total. The predicted molar refractivity (Wildman–Crippen MR) is 66.4 cm³/mol. The van der Waals surface area contributed by atoms with Crippen molar-refractivity contribution in [3.05, 3.63) is 36.7 Å². The molecule has 0 heterocycles. The van der Waals surface area contributed by atoms with Gasteiger partial charge in [-0.05, 0) is 12.2 Å². The Hall–Kier alpha value is -1.84. The first-order valence-corrected chi connectivity index (χ1v) is 5.03. The molecule has 0 aliphatic heterocycles. The zero-order valence-corrected chi connectivity index (χ0v) is 10.4. The fraction of sp³-hybridized carbons (Fsp3) is 0.333. The minimum absolute atomic E-state index is 0.190. The summed E-state index contributed by atoms with van der Waals surface area (Å²) in [5.74, 6) is -0.380. The second-order valence-corrected chi connectivity index (χ2v) is 2.75. The van der Waals surface area contributed by atoms with Crippen molar-refractivity contribution < 1.29 is 9.59 Å². The Labute approximate surface area is 97.1 Å². The van der Waals surface area contributed by atoms with E-state index < -0.39 is 0 Å². The van der Waals surface area contributed by atoms with Crippen LogP contribution in [0.2, 0.25) is 0 Å². The van der Waals surface area contributed by atoms with Crippen molar-refractivity contribution in [2.24, 2.45) is 0 Å². The van der Waals surface area contributed by atoms with Crippen molar-refractivity contribution in [1.29, 1.82) is 0 Å². The van der Waals surface area contributed by atoms with Crippen molar-refractivity contribution in [2.45, 2.75) is 27.7 Å². The molecule has 0 aromatic heterocycles. The first-order chi connectivity index (χ1) is 7.41. The summed E-state index contributed by atoms with van der Waals surface area (Å²) in [6.07, 6.45) is 3.11. The molecule has 0 spiro atoms. The Morgan fingerprint density at radius 2 is 1.12 bits per heavy atom. The van der Waals surface area contributed by atoms with E-state index in [0.29, 0.717) is 11.4 Å². The molecule has 0 saturated heterocycles. The van der Waals surface area contributed by atoms with E-state index in [4.69, 9.17) is 0 Å². The second-order valence-electron chi connectivity index (χ2n) is 2.75. The summed E-state index contributed by atoms with van der Waals surface area (Å²) in [5, 5.41) is 4.95. The summed E-state index contributed by atoms with van der Waals surface area (Å²) >= 11 is 0. The molecule has 0 aliphatic carbocycles. The largest absolute Gasteiger partial charge is 0.327 e. The third-order valence-corrected chi connectivity index (χ3v) is 1.16. The summed E-state index contributed by atoms with van der Waals surface area (Å²) < 4.78 is 0. The van der Waals surface area contributed by atoms with Gasteiger partial charge < -0.3 is 10.6 Å². The van der Waals surface area contributed by atoms with Crippen LogP contribution in [0.5, 0.6) is 0 Å². The standard InChI is InChI=1S/C10H14N2O2.C2H6/c1-7(11-9(3)13)5-6-8(2)12-10(4)14;1-2/h5-6H,1-2H2,3-4H3,(H,11,13)(H,12,14);1-2H3/b6-5-;. The topological polar surface area (TPSA) is 58.2 Å². The SMILES string of the molecule is C=C(/C=C\C(=C)NC(C)=O)NC(C)=O.CC. The summed E-state index contributed by atoms with van der Waals surface area (Å²) in [5.41, 5.74) is 0.896. The molecule has 0 unspecified atom stereocenters. The van der Waals surface area contributed by atoms with Crippen LogP contribution in [0.3, 0.4) is 0 Å². The molecular formula is C12H20N2O2. The van der Waals surface area contributed by atoms with E-state index in [-0.39, 0.29) is 11.8 Å². The van der Waals surface area contributed by atoms with Crippen LogP contribution in [-0.2, 0) is 9.59 Å². The predicted octanol–water partition coefficient (Wildman–Crippen LogP) is 1.87. The lowest BCUT2D eigenvalue weighted by molar-refractivity contribution is -0.119. The van der Waals surface area contributed by atoms with Gasteiger partial charge in [0.15, 0.2) is 0 Å². The van der Waals surface area contributed by atoms with Gasteiger partial charge >= 0.3 is 0 Å². The number of hydrogen-bond acceptors (Lipinski definition) is 2. The molecular weight excluding hydrogens is 204 g/mol. The first-order valence-electron chi connectivity index (χ1n) is 5.03. The van der Waals surface area contributed by atoms with E-state index in [1.807, 2.05) is 13.8 Å². The van der Waals surface area contributed by atoms with Crippen LogP contribution < -0.4 is 10.6 Å². The molecule has 0 radical (unpaired) electrons. The van der Waals surface area contributed by atoms with Crippen LogP contribution in [0.15, 0.2) is 36.7 Å². The Kier molecular flexibility index (Phi) is 10.1. The van der Waals surface area contributed by atoms with E-state index in [0.717, 1.165) is 0 Å². The monoisotopic (exact) mass is 224 g/mol. The Morgan fingerprint density at radius 1 is 0.875 bits per heavy atom. The molecule has 0 atom stereocenters. The number of allylic oxidation sites excluding steroid dienone is 2. The molecule has 4 heteroatoms. The van der Waals surface area contributed by atoms with Gasteiger partial charge in [-0.1, -0.05) is 27.0 Å². The van der Waals surface area contributed by atoms with Gasteiger partial charge in [-0.3, -0.25) is 9.59 Å². The van der Waals surface area contributed by atoms with Crippen LogP contribution in [0.25, 0.3) is 0 Å². The van der Waals surface area contributed by atoms with Gasteiger partial charge in [0, 0.05) is 25.2 Å². The molecule has 0 saturated carbocycles. The molecule has 90 valence electrons. The second kappa shape index (κ2) is 9.71. The maximum Gasteiger partial charge on any atom is 0.221 e. The maximum atomic E-state index is 10.6. The van der Waals surface area contributed by atoms with Gasteiger partial charge in [-0.2, -0.15) is 0 Å². The van der Waals surface area contributed by atoms with Crippen molar-refractivity contribution in [2.75, 3.05) is 0 Å². The van der Waals surface area contributed by atoms with Crippen LogP contribution >= 0.6 is 0 Å². The Bertz CT molecular complexity index is 274. The van der Waals surface area contributed by atoms with Crippen LogP contribution in [-0.4, -0.2) is 11.8 Å². The lowest BCUT2D eigenvalue weighted by Crippen LogP contribution is -2.18. The van der Waals surface area contributed by atoms with Gasteiger partial charge in [0.25, 0.3) is 0 Å². The highest BCUT2D eigenvalue weighted by Crippen LogP contribution is 1.92. The fourth-order valence-corrected chi connectivity index (χ4v) is 0.737. The number of carbonyl (C=O) groups excluding carboxylic acids is 2. The van der Waals surface area contributed by atoms with Crippen molar-refractivity contribution in [1.82, 2.24) is 10.6 Å². The number of hydrogen-bond donors (Lipinski definition) is 2. The van der Waals surface area contributed by atoms with Crippen LogP contribution in [0, 0.1) is 0 Å². The molecule has 0 aromatic carbocycles. The maximum absolute atomic E-state index is 10.6. The zero-order chi connectivity index (χ0) is 13.1. The summed E-state index contributed by atoms with van der Waals surface area (Å²) in [4.78, 5) is 21.2. The molecule has 2 amide bonds. The molecule has 0 bridgehead atoms.